The van der Waals surface area contributed by atoms with Crippen molar-refractivity contribution in [1.82, 2.24) is 10.2 Å². The lowest BCUT2D eigenvalue weighted by Crippen LogP contribution is -2.47. The van der Waals surface area contributed by atoms with Crippen molar-refractivity contribution in [2.75, 3.05) is 6.54 Å². The number of likely N-dealkylation sites (tertiary alicyclic amines) is 1. The molecule has 22 heavy (non-hydrogen) atoms. The summed E-state index contributed by atoms with van der Waals surface area (Å²) in [6.45, 7) is 4.98. The quantitative estimate of drug-likeness (QED) is 0.902. The van der Waals surface area contributed by atoms with Gasteiger partial charge < -0.3 is 5.32 Å². The Morgan fingerprint density at radius 3 is 2.86 bits per heavy atom. The van der Waals surface area contributed by atoms with Gasteiger partial charge in [0.25, 0.3) is 0 Å². The molecule has 1 fully saturated rings. The highest BCUT2D eigenvalue weighted by Crippen LogP contribution is 2.43. The SMILES string of the molecule is CC1(C)CC2CC=CC=C2N1C(=O)NCCc1ccccc1. The number of hydrogen-bond acceptors (Lipinski definition) is 1. The standard InChI is InChI=1S/C19H24N2O/c1-19(2)14-16-10-6-7-11-17(16)21(19)18(22)20-13-12-15-8-4-3-5-9-15/h3-9,11,16H,10,12-14H2,1-2H3,(H,20,22). The molecule has 1 aromatic rings. The van der Waals surface area contributed by atoms with Gasteiger partial charge >= 0.3 is 6.03 Å². The van der Waals surface area contributed by atoms with Gasteiger partial charge in [-0.05, 0) is 44.7 Å². The summed E-state index contributed by atoms with van der Waals surface area (Å²) in [6.07, 6.45) is 9.31. The lowest BCUT2D eigenvalue weighted by Gasteiger charge is -2.32. The van der Waals surface area contributed by atoms with Crippen LogP contribution in [0.25, 0.3) is 0 Å². The van der Waals surface area contributed by atoms with Crippen LogP contribution < -0.4 is 5.32 Å². The van der Waals surface area contributed by atoms with Gasteiger partial charge in [-0.1, -0.05) is 42.5 Å². The number of benzene rings is 1. The van der Waals surface area contributed by atoms with E-state index in [1.54, 1.807) is 0 Å². The highest BCUT2D eigenvalue weighted by molar-refractivity contribution is 5.78. The number of carbonyl (C=O) groups excluding carboxylic acids is 1. The summed E-state index contributed by atoms with van der Waals surface area (Å²) in [4.78, 5) is 14.6. The lowest BCUT2D eigenvalue weighted by molar-refractivity contribution is 0.179. The van der Waals surface area contributed by atoms with E-state index in [0.717, 1.165) is 19.3 Å². The molecule has 2 amide bonds. The van der Waals surface area contributed by atoms with Crippen LogP contribution in [-0.2, 0) is 6.42 Å². The predicted molar refractivity (Wildman–Crippen MR) is 89.4 cm³/mol. The molecule has 1 atom stereocenters. The summed E-state index contributed by atoms with van der Waals surface area (Å²) < 4.78 is 0. The zero-order valence-corrected chi connectivity index (χ0v) is 13.4. The Morgan fingerprint density at radius 2 is 2.09 bits per heavy atom. The molecular formula is C19H24N2O. The molecule has 3 rings (SSSR count). The molecule has 116 valence electrons. The first-order valence-corrected chi connectivity index (χ1v) is 8.07. The summed E-state index contributed by atoms with van der Waals surface area (Å²) in [5.74, 6) is 0.486. The molecule has 1 aliphatic heterocycles. The first kappa shape index (κ1) is 14.9. The van der Waals surface area contributed by atoms with Crippen LogP contribution in [0, 0.1) is 5.92 Å². The van der Waals surface area contributed by atoms with E-state index in [4.69, 9.17) is 0 Å². The number of carbonyl (C=O) groups is 1. The van der Waals surface area contributed by atoms with Crippen LogP contribution in [-0.4, -0.2) is 23.0 Å². The van der Waals surface area contributed by atoms with Gasteiger partial charge in [0.15, 0.2) is 0 Å². The Morgan fingerprint density at radius 1 is 1.32 bits per heavy atom. The van der Waals surface area contributed by atoms with E-state index in [-0.39, 0.29) is 11.6 Å². The Hall–Kier alpha value is -2.03. The summed E-state index contributed by atoms with van der Waals surface area (Å²) in [7, 11) is 0. The van der Waals surface area contributed by atoms with Crippen molar-refractivity contribution in [3.8, 4) is 0 Å². The maximum absolute atomic E-state index is 12.7. The van der Waals surface area contributed by atoms with E-state index in [1.807, 2.05) is 23.1 Å². The van der Waals surface area contributed by atoms with Crippen molar-refractivity contribution in [1.29, 1.82) is 0 Å². The molecule has 1 unspecified atom stereocenters. The van der Waals surface area contributed by atoms with Gasteiger partial charge in [-0.15, -0.1) is 0 Å². The number of allylic oxidation sites excluding steroid dienone is 4. The van der Waals surface area contributed by atoms with E-state index < -0.39 is 0 Å². The van der Waals surface area contributed by atoms with Crippen LogP contribution in [0.15, 0.2) is 54.3 Å². The Bertz CT molecular complexity index is 601. The van der Waals surface area contributed by atoms with Crippen molar-refractivity contribution in [3.05, 3.63) is 59.8 Å². The van der Waals surface area contributed by atoms with Crippen LogP contribution in [0.2, 0.25) is 0 Å². The molecular weight excluding hydrogens is 272 g/mol. The topological polar surface area (TPSA) is 32.3 Å². The molecule has 0 aromatic heterocycles. The van der Waals surface area contributed by atoms with Gasteiger partial charge in [-0.2, -0.15) is 0 Å². The van der Waals surface area contributed by atoms with Crippen molar-refractivity contribution in [3.63, 3.8) is 0 Å². The number of urea groups is 1. The van der Waals surface area contributed by atoms with Crippen LogP contribution in [0.4, 0.5) is 4.79 Å². The third-order valence-electron chi connectivity index (χ3n) is 4.59. The first-order chi connectivity index (χ1) is 10.6. The fourth-order valence-corrected chi connectivity index (χ4v) is 3.58. The van der Waals surface area contributed by atoms with Crippen molar-refractivity contribution in [2.24, 2.45) is 5.92 Å². The summed E-state index contributed by atoms with van der Waals surface area (Å²) in [6, 6.07) is 10.3. The fraction of sp³-hybridized carbons (Fsp3) is 0.421. The van der Waals surface area contributed by atoms with Crippen LogP contribution >= 0.6 is 0 Å². The molecule has 3 nitrogen and oxygen atoms in total. The molecule has 2 aliphatic rings. The Balaban J connectivity index is 1.63. The Labute approximate surface area is 132 Å². The number of hydrogen-bond donors (Lipinski definition) is 1. The van der Waals surface area contributed by atoms with E-state index in [1.165, 1.54) is 11.3 Å². The van der Waals surface area contributed by atoms with Crippen molar-refractivity contribution >= 4 is 6.03 Å². The monoisotopic (exact) mass is 296 g/mol. The molecule has 3 heteroatoms. The average molecular weight is 296 g/mol. The molecule has 1 N–H and O–H groups in total. The van der Waals surface area contributed by atoms with Crippen molar-refractivity contribution in [2.45, 2.75) is 38.6 Å². The number of rotatable bonds is 3. The fourth-order valence-electron chi connectivity index (χ4n) is 3.58. The zero-order valence-electron chi connectivity index (χ0n) is 13.4. The molecule has 1 saturated heterocycles. The minimum absolute atomic E-state index is 0.0324. The van der Waals surface area contributed by atoms with E-state index >= 15 is 0 Å². The van der Waals surface area contributed by atoms with E-state index in [9.17, 15) is 4.79 Å². The molecule has 1 heterocycles. The minimum atomic E-state index is -0.112. The normalized spacial score (nSPS) is 22.2. The summed E-state index contributed by atoms with van der Waals surface area (Å²) >= 11 is 0. The highest BCUT2D eigenvalue weighted by Gasteiger charge is 2.44. The smallest absolute Gasteiger partial charge is 0.322 e. The third-order valence-corrected chi connectivity index (χ3v) is 4.59. The first-order valence-electron chi connectivity index (χ1n) is 8.07. The maximum Gasteiger partial charge on any atom is 0.322 e. The molecule has 0 saturated carbocycles. The molecule has 0 spiro atoms. The van der Waals surface area contributed by atoms with Gasteiger partial charge in [0.1, 0.15) is 0 Å². The number of nitrogens with one attached hydrogen (secondary N) is 1. The lowest BCUT2D eigenvalue weighted by atomic mass is 9.91. The largest absolute Gasteiger partial charge is 0.337 e. The number of nitrogens with zero attached hydrogens (tertiary/aromatic N) is 1. The minimum Gasteiger partial charge on any atom is -0.337 e. The number of amides is 2. The van der Waals surface area contributed by atoms with Gasteiger partial charge in [0, 0.05) is 23.7 Å². The van der Waals surface area contributed by atoms with Gasteiger partial charge in [0.2, 0.25) is 0 Å². The maximum atomic E-state index is 12.7. The van der Waals surface area contributed by atoms with Gasteiger partial charge in [-0.25, -0.2) is 4.79 Å². The Kier molecular flexibility index (Phi) is 4.06. The molecule has 1 aromatic carbocycles. The zero-order chi connectivity index (χ0) is 15.6. The second kappa shape index (κ2) is 5.99. The number of fused-ring (bicyclic) bond motifs is 1. The molecule has 0 radical (unpaired) electrons. The van der Waals surface area contributed by atoms with Gasteiger partial charge in [-0.3, -0.25) is 4.90 Å². The van der Waals surface area contributed by atoms with Crippen LogP contribution in [0.3, 0.4) is 0 Å². The average Bonchev–Trinajstić information content (AvgIpc) is 2.78. The summed E-state index contributed by atoms with van der Waals surface area (Å²) in [5, 5.41) is 3.08. The second-order valence-electron chi connectivity index (χ2n) is 6.77. The van der Waals surface area contributed by atoms with E-state index in [2.05, 4.69) is 49.5 Å². The predicted octanol–water partition coefficient (Wildman–Crippen LogP) is 3.88. The van der Waals surface area contributed by atoms with Crippen LogP contribution in [0.5, 0.6) is 0 Å². The van der Waals surface area contributed by atoms with Crippen molar-refractivity contribution < 1.29 is 4.79 Å². The van der Waals surface area contributed by atoms with E-state index in [0.29, 0.717) is 12.5 Å². The van der Waals surface area contributed by atoms with Crippen LogP contribution in [0.1, 0.15) is 32.3 Å². The molecule has 0 bridgehead atoms. The highest BCUT2D eigenvalue weighted by atomic mass is 16.2. The molecule has 1 aliphatic carbocycles. The third kappa shape index (κ3) is 2.94. The second-order valence-corrected chi connectivity index (χ2v) is 6.77. The van der Waals surface area contributed by atoms with Gasteiger partial charge in [0.05, 0.1) is 0 Å². The summed E-state index contributed by atoms with van der Waals surface area (Å²) in [5.41, 5.74) is 2.31.